The molecule has 0 bridgehead atoms. The lowest BCUT2D eigenvalue weighted by Crippen LogP contribution is -2.42. The van der Waals surface area contributed by atoms with Gasteiger partial charge in [-0.15, -0.1) is 0 Å². The second kappa shape index (κ2) is 4.58. The van der Waals surface area contributed by atoms with Gasteiger partial charge in [0.25, 0.3) is 5.91 Å². The van der Waals surface area contributed by atoms with Crippen molar-refractivity contribution in [2.45, 2.75) is 12.1 Å². The number of nitrogens with one attached hydrogen (secondary N) is 2. The van der Waals surface area contributed by atoms with Crippen molar-refractivity contribution in [3.8, 4) is 0 Å². The third-order valence-corrected chi connectivity index (χ3v) is 3.16. The van der Waals surface area contributed by atoms with E-state index in [1.807, 2.05) is 23.1 Å². The number of hydrogen-bond acceptors (Lipinski definition) is 5. The van der Waals surface area contributed by atoms with Crippen molar-refractivity contribution in [3.05, 3.63) is 23.8 Å². The first-order valence-corrected chi connectivity index (χ1v) is 5.78. The molecule has 0 aromatic carbocycles. The first-order valence-electron chi connectivity index (χ1n) is 5.78. The number of carbonyl (C=O) groups is 1. The van der Waals surface area contributed by atoms with Gasteiger partial charge in [-0.3, -0.25) is 4.79 Å². The zero-order valence-electron chi connectivity index (χ0n) is 9.39. The van der Waals surface area contributed by atoms with Gasteiger partial charge in [-0.05, 0) is 0 Å². The molecule has 3 rings (SSSR count). The SMILES string of the molecule is O=C(C1=CC2NONC2C=C1)N1CCOCC1. The van der Waals surface area contributed by atoms with Crippen LogP contribution in [0.15, 0.2) is 23.8 Å². The van der Waals surface area contributed by atoms with Crippen LogP contribution in [0.3, 0.4) is 0 Å². The minimum atomic E-state index is 0.0278. The fourth-order valence-corrected chi connectivity index (χ4v) is 2.16. The molecule has 2 heterocycles. The summed E-state index contributed by atoms with van der Waals surface area (Å²) in [5.41, 5.74) is 6.34. The number of fused-ring (bicyclic) bond motifs is 1. The number of amides is 1. The zero-order chi connectivity index (χ0) is 11.7. The third-order valence-electron chi connectivity index (χ3n) is 3.16. The summed E-state index contributed by atoms with van der Waals surface area (Å²) in [6.45, 7) is 2.58. The summed E-state index contributed by atoms with van der Waals surface area (Å²) < 4.78 is 5.23. The van der Waals surface area contributed by atoms with Crippen LogP contribution >= 0.6 is 0 Å². The minimum Gasteiger partial charge on any atom is -0.378 e. The molecule has 92 valence electrons. The van der Waals surface area contributed by atoms with Gasteiger partial charge >= 0.3 is 0 Å². The lowest BCUT2D eigenvalue weighted by Gasteiger charge is -2.28. The second-order valence-corrected chi connectivity index (χ2v) is 4.28. The lowest BCUT2D eigenvalue weighted by molar-refractivity contribution is -0.130. The number of rotatable bonds is 1. The van der Waals surface area contributed by atoms with Crippen molar-refractivity contribution < 1.29 is 14.5 Å². The van der Waals surface area contributed by atoms with Crippen LogP contribution in [0.2, 0.25) is 0 Å². The number of ether oxygens (including phenoxy) is 1. The van der Waals surface area contributed by atoms with Gasteiger partial charge in [-0.1, -0.05) is 18.2 Å². The molecule has 0 radical (unpaired) electrons. The monoisotopic (exact) mass is 237 g/mol. The Balaban J connectivity index is 1.71. The Morgan fingerprint density at radius 1 is 1.29 bits per heavy atom. The van der Waals surface area contributed by atoms with E-state index in [4.69, 9.17) is 9.68 Å². The van der Waals surface area contributed by atoms with Gasteiger partial charge in [0.2, 0.25) is 0 Å². The highest BCUT2D eigenvalue weighted by Crippen LogP contribution is 2.17. The van der Waals surface area contributed by atoms with Gasteiger partial charge in [0.15, 0.2) is 0 Å². The van der Waals surface area contributed by atoms with Crippen molar-refractivity contribution in [1.82, 2.24) is 15.9 Å². The van der Waals surface area contributed by atoms with E-state index < -0.39 is 0 Å². The maximum absolute atomic E-state index is 12.2. The third kappa shape index (κ3) is 2.12. The molecule has 2 saturated heterocycles. The van der Waals surface area contributed by atoms with E-state index in [0.29, 0.717) is 31.9 Å². The standard InChI is InChI=1S/C11H15N3O3/c15-11(14-3-5-16-6-4-14)8-1-2-9-10(7-8)13-17-12-9/h1-2,7,9-10,12-13H,3-6H2. The quantitative estimate of drug-likeness (QED) is 0.620. The van der Waals surface area contributed by atoms with Crippen LogP contribution in [-0.4, -0.2) is 49.2 Å². The van der Waals surface area contributed by atoms with Crippen LogP contribution in [0, 0.1) is 0 Å². The van der Waals surface area contributed by atoms with Gasteiger partial charge in [0.1, 0.15) is 0 Å². The average molecular weight is 237 g/mol. The zero-order valence-corrected chi connectivity index (χ0v) is 9.39. The first kappa shape index (κ1) is 10.9. The molecule has 6 heteroatoms. The minimum absolute atomic E-state index is 0.0278. The average Bonchev–Trinajstić information content (AvgIpc) is 2.86. The fourth-order valence-electron chi connectivity index (χ4n) is 2.16. The van der Waals surface area contributed by atoms with Gasteiger partial charge in [-0.2, -0.15) is 11.0 Å². The Hall–Kier alpha value is -1.21. The molecule has 2 aliphatic heterocycles. The van der Waals surface area contributed by atoms with Crippen molar-refractivity contribution in [2.24, 2.45) is 0 Å². The highest BCUT2D eigenvalue weighted by atomic mass is 16.8. The van der Waals surface area contributed by atoms with Crippen molar-refractivity contribution >= 4 is 5.91 Å². The van der Waals surface area contributed by atoms with E-state index in [9.17, 15) is 4.79 Å². The molecule has 2 fully saturated rings. The molecule has 3 aliphatic rings. The van der Waals surface area contributed by atoms with Crippen LogP contribution in [0.25, 0.3) is 0 Å². The smallest absolute Gasteiger partial charge is 0.253 e. The van der Waals surface area contributed by atoms with Gasteiger partial charge in [0.05, 0.1) is 25.3 Å². The van der Waals surface area contributed by atoms with Crippen molar-refractivity contribution in [1.29, 1.82) is 0 Å². The van der Waals surface area contributed by atoms with E-state index in [1.54, 1.807) is 0 Å². The summed E-state index contributed by atoms with van der Waals surface area (Å²) in [6, 6.07) is 0.135. The van der Waals surface area contributed by atoms with E-state index in [0.717, 1.165) is 0 Å². The summed E-state index contributed by atoms with van der Waals surface area (Å²) >= 11 is 0. The normalized spacial score (nSPS) is 32.2. The van der Waals surface area contributed by atoms with E-state index >= 15 is 0 Å². The molecule has 0 aromatic heterocycles. The molecule has 0 aromatic rings. The van der Waals surface area contributed by atoms with E-state index in [-0.39, 0.29) is 18.0 Å². The maximum Gasteiger partial charge on any atom is 0.253 e. The molecular weight excluding hydrogens is 222 g/mol. The molecule has 2 unspecified atom stereocenters. The number of hydrogen-bond donors (Lipinski definition) is 2. The molecule has 2 atom stereocenters. The Bertz CT molecular complexity index is 374. The fraction of sp³-hybridized carbons (Fsp3) is 0.545. The summed E-state index contributed by atoms with van der Waals surface area (Å²) in [5, 5.41) is 0. The molecule has 6 nitrogen and oxygen atoms in total. The van der Waals surface area contributed by atoms with Crippen LogP contribution in [0.4, 0.5) is 0 Å². The number of carbonyl (C=O) groups excluding carboxylic acids is 1. The summed E-state index contributed by atoms with van der Waals surface area (Å²) in [6.07, 6.45) is 5.70. The maximum atomic E-state index is 12.2. The first-order chi connectivity index (χ1) is 8.34. The Labute approximate surface area is 99.1 Å². The van der Waals surface area contributed by atoms with Crippen LogP contribution < -0.4 is 11.0 Å². The number of morpholine rings is 1. The van der Waals surface area contributed by atoms with E-state index in [1.165, 1.54) is 0 Å². The van der Waals surface area contributed by atoms with Crippen LogP contribution in [0.1, 0.15) is 0 Å². The Morgan fingerprint density at radius 3 is 2.88 bits per heavy atom. The predicted molar refractivity (Wildman–Crippen MR) is 59.6 cm³/mol. The summed E-state index contributed by atoms with van der Waals surface area (Å²) in [7, 11) is 0. The summed E-state index contributed by atoms with van der Waals surface area (Å²) in [4.78, 5) is 19.0. The number of hydroxylamine groups is 2. The predicted octanol–water partition coefficient (Wildman–Crippen LogP) is -0.882. The van der Waals surface area contributed by atoms with Gasteiger partial charge in [-0.25, -0.2) is 4.94 Å². The summed E-state index contributed by atoms with van der Waals surface area (Å²) in [5.74, 6) is 0.0664. The van der Waals surface area contributed by atoms with Crippen molar-refractivity contribution in [2.75, 3.05) is 26.3 Å². The molecule has 2 N–H and O–H groups in total. The molecular formula is C11H15N3O3. The largest absolute Gasteiger partial charge is 0.378 e. The highest BCUT2D eigenvalue weighted by molar-refractivity contribution is 5.96. The van der Waals surface area contributed by atoms with Gasteiger partial charge < -0.3 is 9.64 Å². The van der Waals surface area contributed by atoms with Crippen LogP contribution in [0.5, 0.6) is 0 Å². The van der Waals surface area contributed by atoms with Crippen LogP contribution in [-0.2, 0) is 14.5 Å². The van der Waals surface area contributed by atoms with E-state index in [2.05, 4.69) is 11.0 Å². The topological polar surface area (TPSA) is 62.8 Å². The molecule has 0 spiro atoms. The number of nitrogens with zero attached hydrogens (tertiary/aromatic N) is 1. The highest BCUT2D eigenvalue weighted by Gasteiger charge is 2.29. The lowest BCUT2D eigenvalue weighted by atomic mass is 9.98. The molecule has 1 aliphatic carbocycles. The Morgan fingerprint density at radius 2 is 2.06 bits per heavy atom. The molecule has 1 amide bonds. The molecule has 0 saturated carbocycles. The second-order valence-electron chi connectivity index (χ2n) is 4.28. The molecule has 17 heavy (non-hydrogen) atoms. The Kier molecular flexibility index (Phi) is 2.94. The van der Waals surface area contributed by atoms with Gasteiger partial charge in [0, 0.05) is 18.7 Å². The van der Waals surface area contributed by atoms with Crippen molar-refractivity contribution in [3.63, 3.8) is 0 Å².